The highest BCUT2D eigenvalue weighted by molar-refractivity contribution is 5.73. The molecule has 11 heteroatoms. The van der Waals surface area contributed by atoms with E-state index in [-0.39, 0.29) is 11.5 Å². The normalized spacial score (nSPS) is 22.1. The van der Waals surface area contributed by atoms with Crippen LogP contribution in [0.5, 0.6) is 0 Å². The number of aromatic nitrogens is 2. The molecule has 0 spiro atoms. The molecule has 0 aromatic carbocycles. The maximum Gasteiger partial charge on any atom is 0.394 e. The highest BCUT2D eigenvalue weighted by Crippen LogP contribution is 2.42. The minimum Gasteiger partial charge on any atom is -0.481 e. The van der Waals surface area contributed by atoms with Crippen molar-refractivity contribution in [2.24, 2.45) is 18.9 Å². The van der Waals surface area contributed by atoms with Crippen LogP contribution in [0.15, 0.2) is 0 Å². The van der Waals surface area contributed by atoms with Crippen LogP contribution in [0.4, 0.5) is 24.7 Å². The lowest BCUT2D eigenvalue weighted by Crippen LogP contribution is -2.33. The zero-order valence-corrected chi connectivity index (χ0v) is 11.7. The molecular weight excluding hydrogens is 309 g/mol. The van der Waals surface area contributed by atoms with E-state index < -0.39 is 47.7 Å². The van der Waals surface area contributed by atoms with Crippen LogP contribution < -0.4 is 4.90 Å². The first-order chi connectivity index (χ1) is 10.0. The topological polar surface area (TPSA) is 102 Å². The summed E-state index contributed by atoms with van der Waals surface area (Å²) in [4.78, 5) is 22.5. The van der Waals surface area contributed by atoms with Gasteiger partial charge in [0.05, 0.1) is 16.8 Å². The van der Waals surface area contributed by atoms with Gasteiger partial charge in [-0.2, -0.15) is 18.3 Å². The number of carbonyl (C=O) groups is 1. The van der Waals surface area contributed by atoms with E-state index in [0.717, 1.165) is 9.58 Å². The molecule has 0 unspecified atom stereocenters. The summed E-state index contributed by atoms with van der Waals surface area (Å²) in [5, 5.41) is 23.9. The number of nitrogens with zero attached hydrogens (tertiary/aromatic N) is 4. The van der Waals surface area contributed by atoms with E-state index >= 15 is 0 Å². The summed E-state index contributed by atoms with van der Waals surface area (Å²) in [6.45, 7) is 0.257. The second-order valence-corrected chi connectivity index (χ2v) is 5.14. The molecule has 2 heterocycles. The lowest BCUT2D eigenvalue weighted by atomic mass is 9.96. The van der Waals surface area contributed by atoms with E-state index in [0.29, 0.717) is 0 Å². The number of nitro groups is 1. The molecule has 122 valence electrons. The van der Waals surface area contributed by atoms with Gasteiger partial charge in [-0.1, -0.05) is 0 Å². The van der Waals surface area contributed by atoms with Crippen molar-refractivity contribution >= 4 is 17.5 Å². The number of carboxylic acid groups (broad SMARTS) is 1. The summed E-state index contributed by atoms with van der Waals surface area (Å²) in [5.41, 5.74) is -0.348. The third kappa shape index (κ3) is 2.57. The number of halogens is 3. The Morgan fingerprint density at radius 2 is 2.05 bits per heavy atom. The van der Waals surface area contributed by atoms with Gasteiger partial charge in [-0.25, -0.2) is 4.68 Å². The standard InChI is InChI=1S/C11H13F3N4O4/c1-5-8(18(21)22)9(16(2)15-5)17-3-6(10(19)20)7(4-17)11(12,13)14/h6-7H,3-4H2,1-2H3,(H,19,20)/t6-,7-/m1/s1. The van der Waals surface area contributed by atoms with Crippen molar-refractivity contribution in [2.45, 2.75) is 13.1 Å². The fourth-order valence-corrected chi connectivity index (χ4v) is 2.76. The summed E-state index contributed by atoms with van der Waals surface area (Å²) < 4.78 is 40.0. The number of rotatable bonds is 3. The fourth-order valence-electron chi connectivity index (χ4n) is 2.76. The van der Waals surface area contributed by atoms with Crippen molar-refractivity contribution in [2.75, 3.05) is 18.0 Å². The minimum atomic E-state index is -4.69. The van der Waals surface area contributed by atoms with E-state index in [4.69, 9.17) is 5.11 Å². The molecule has 1 aliphatic heterocycles. The Labute approximate surface area is 122 Å². The maximum atomic E-state index is 13.0. The quantitative estimate of drug-likeness (QED) is 0.665. The SMILES string of the molecule is Cc1nn(C)c(N2C[C@@H](C(F)(F)F)[C@H](C(=O)O)C2)c1[N+](=O)[O-]. The van der Waals surface area contributed by atoms with Gasteiger partial charge in [0.15, 0.2) is 0 Å². The highest BCUT2D eigenvalue weighted by Gasteiger charge is 2.54. The molecule has 0 radical (unpaired) electrons. The highest BCUT2D eigenvalue weighted by atomic mass is 19.4. The number of anilines is 1. The Bertz CT molecular complexity index is 628. The lowest BCUT2D eigenvalue weighted by molar-refractivity contribution is -0.384. The van der Waals surface area contributed by atoms with Gasteiger partial charge in [-0.05, 0) is 6.92 Å². The zero-order chi connectivity index (χ0) is 16.8. The molecule has 8 nitrogen and oxygen atoms in total. The average molecular weight is 322 g/mol. The Morgan fingerprint density at radius 1 is 1.45 bits per heavy atom. The van der Waals surface area contributed by atoms with Crippen LogP contribution in [-0.4, -0.2) is 45.0 Å². The van der Waals surface area contributed by atoms with Gasteiger partial charge in [0.2, 0.25) is 5.82 Å². The second kappa shape index (κ2) is 5.14. The smallest absolute Gasteiger partial charge is 0.394 e. The van der Waals surface area contributed by atoms with Crippen molar-refractivity contribution < 1.29 is 28.0 Å². The van der Waals surface area contributed by atoms with Gasteiger partial charge in [-0.3, -0.25) is 14.9 Å². The average Bonchev–Trinajstić information content (AvgIpc) is 2.89. The molecule has 1 aliphatic rings. The molecule has 2 rings (SSSR count). The number of alkyl halides is 3. The predicted octanol–water partition coefficient (Wildman–Crippen LogP) is 1.34. The Kier molecular flexibility index (Phi) is 3.75. The van der Waals surface area contributed by atoms with Crippen molar-refractivity contribution in [1.29, 1.82) is 0 Å². The molecule has 0 bridgehead atoms. The van der Waals surface area contributed by atoms with E-state index in [1.165, 1.54) is 14.0 Å². The molecule has 0 saturated carbocycles. The van der Waals surface area contributed by atoms with Crippen molar-refractivity contribution in [3.8, 4) is 0 Å². The van der Waals surface area contributed by atoms with Crippen LogP contribution in [0.2, 0.25) is 0 Å². The fraction of sp³-hybridized carbons (Fsp3) is 0.636. The molecule has 0 aliphatic carbocycles. The number of aryl methyl sites for hydroxylation is 2. The zero-order valence-electron chi connectivity index (χ0n) is 11.7. The Morgan fingerprint density at radius 3 is 2.45 bits per heavy atom. The maximum absolute atomic E-state index is 13.0. The third-order valence-electron chi connectivity index (χ3n) is 3.70. The Hall–Kier alpha value is -2.33. The largest absolute Gasteiger partial charge is 0.481 e. The Balaban J connectivity index is 2.44. The number of hydrogen-bond acceptors (Lipinski definition) is 5. The van der Waals surface area contributed by atoms with Crippen LogP contribution in [0.3, 0.4) is 0 Å². The summed E-state index contributed by atoms with van der Waals surface area (Å²) in [6, 6.07) is 0. The number of hydrogen-bond donors (Lipinski definition) is 1. The predicted molar refractivity (Wildman–Crippen MR) is 67.5 cm³/mol. The monoisotopic (exact) mass is 322 g/mol. The summed E-state index contributed by atoms with van der Waals surface area (Å²) in [7, 11) is 1.37. The van der Waals surface area contributed by atoms with E-state index in [2.05, 4.69) is 5.10 Å². The van der Waals surface area contributed by atoms with Gasteiger partial charge in [0.25, 0.3) is 0 Å². The van der Waals surface area contributed by atoms with E-state index in [9.17, 15) is 28.1 Å². The van der Waals surface area contributed by atoms with Gasteiger partial charge in [0.1, 0.15) is 5.69 Å². The van der Waals surface area contributed by atoms with Crippen molar-refractivity contribution in [3.63, 3.8) is 0 Å². The van der Waals surface area contributed by atoms with Gasteiger partial charge < -0.3 is 10.0 Å². The number of aliphatic carboxylic acids is 1. The molecule has 0 amide bonds. The molecule has 1 saturated heterocycles. The van der Waals surface area contributed by atoms with Gasteiger partial charge in [0, 0.05) is 20.1 Å². The van der Waals surface area contributed by atoms with E-state index in [1.54, 1.807) is 0 Å². The van der Waals surface area contributed by atoms with Crippen LogP contribution in [0.25, 0.3) is 0 Å². The lowest BCUT2D eigenvalue weighted by Gasteiger charge is -2.19. The molecule has 22 heavy (non-hydrogen) atoms. The summed E-state index contributed by atoms with van der Waals surface area (Å²) in [5.74, 6) is -5.44. The first kappa shape index (κ1) is 16.0. The van der Waals surface area contributed by atoms with Crippen LogP contribution in [0, 0.1) is 28.9 Å². The molecule has 1 N–H and O–H groups in total. The molecule has 1 fully saturated rings. The van der Waals surface area contributed by atoms with Crippen molar-refractivity contribution in [3.05, 3.63) is 15.8 Å². The summed E-state index contributed by atoms with van der Waals surface area (Å²) in [6.07, 6.45) is -4.69. The molecular formula is C11H13F3N4O4. The first-order valence-corrected chi connectivity index (χ1v) is 6.26. The van der Waals surface area contributed by atoms with Crippen molar-refractivity contribution in [1.82, 2.24) is 9.78 Å². The first-order valence-electron chi connectivity index (χ1n) is 6.26. The molecule has 1 aromatic rings. The third-order valence-corrected chi connectivity index (χ3v) is 3.70. The van der Waals surface area contributed by atoms with Crippen LogP contribution in [-0.2, 0) is 11.8 Å². The van der Waals surface area contributed by atoms with Gasteiger partial charge >= 0.3 is 17.8 Å². The van der Waals surface area contributed by atoms with E-state index in [1.807, 2.05) is 0 Å². The molecule has 1 aromatic heterocycles. The number of carboxylic acids is 1. The minimum absolute atomic E-state index is 0.0600. The van der Waals surface area contributed by atoms with Gasteiger partial charge in [-0.15, -0.1) is 0 Å². The summed E-state index contributed by atoms with van der Waals surface area (Å²) >= 11 is 0. The second-order valence-electron chi connectivity index (χ2n) is 5.14. The van der Waals surface area contributed by atoms with Crippen LogP contribution >= 0.6 is 0 Å². The van der Waals surface area contributed by atoms with Crippen LogP contribution in [0.1, 0.15) is 5.69 Å². The molecule has 2 atom stereocenters.